The van der Waals surface area contributed by atoms with E-state index in [4.69, 9.17) is 0 Å². The van der Waals surface area contributed by atoms with Gasteiger partial charge >= 0.3 is 0 Å². The Bertz CT molecular complexity index is 358. The first-order chi connectivity index (χ1) is 8.01. The first-order valence-corrected chi connectivity index (χ1v) is 7.92. The second kappa shape index (κ2) is 5.22. The lowest BCUT2D eigenvalue weighted by Gasteiger charge is -2.37. The number of hydrogen-bond donors (Lipinski definition) is 1. The molecule has 2 rings (SSSR count). The van der Waals surface area contributed by atoms with Crippen LogP contribution in [0.3, 0.4) is 0 Å². The summed E-state index contributed by atoms with van der Waals surface area (Å²) in [6.07, 6.45) is 2.09. The molecule has 0 radical (unpaired) electrons. The van der Waals surface area contributed by atoms with Crippen LogP contribution in [0.4, 0.5) is 0 Å². The predicted octanol–water partition coefficient (Wildman–Crippen LogP) is -0.296. The van der Waals surface area contributed by atoms with Gasteiger partial charge in [0.2, 0.25) is 10.0 Å². The maximum absolute atomic E-state index is 12.4. The second-order valence-corrected chi connectivity index (χ2v) is 7.53. The molecule has 0 aliphatic carbocycles. The van der Waals surface area contributed by atoms with Gasteiger partial charge in [-0.15, -0.1) is 0 Å². The number of sulfonamides is 1. The number of likely N-dealkylation sites (tertiary alicyclic amines) is 1. The van der Waals surface area contributed by atoms with Crippen LogP contribution >= 0.6 is 0 Å². The van der Waals surface area contributed by atoms with Gasteiger partial charge in [0, 0.05) is 32.2 Å². The van der Waals surface area contributed by atoms with Gasteiger partial charge < -0.3 is 10.2 Å². The molecule has 2 aliphatic heterocycles. The van der Waals surface area contributed by atoms with Gasteiger partial charge in [0.15, 0.2) is 0 Å². The summed E-state index contributed by atoms with van der Waals surface area (Å²) in [4.78, 5) is 2.23. The van der Waals surface area contributed by atoms with Crippen LogP contribution in [0.25, 0.3) is 0 Å². The van der Waals surface area contributed by atoms with Crippen molar-refractivity contribution in [1.82, 2.24) is 14.5 Å². The Labute approximate surface area is 104 Å². The van der Waals surface area contributed by atoms with Crippen molar-refractivity contribution in [2.45, 2.75) is 31.1 Å². The fourth-order valence-corrected chi connectivity index (χ4v) is 4.45. The summed E-state index contributed by atoms with van der Waals surface area (Å²) in [5.74, 6) is 0. The van der Waals surface area contributed by atoms with E-state index >= 15 is 0 Å². The summed E-state index contributed by atoms with van der Waals surface area (Å²) in [5.41, 5.74) is 0. The Hall–Kier alpha value is -0.170. The third kappa shape index (κ3) is 2.81. The summed E-state index contributed by atoms with van der Waals surface area (Å²) in [6, 6.07) is 0.168. The average Bonchev–Trinajstić information content (AvgIpc) is 2.39. The summed E-state index contributed by atoms with van der Waals surface area (Å²) in [5, 5.41) is 2.89. The Morgan fingerprint density at radius 1 is 1.29 bits per heavy atom. The molecule has 2 fully saturated rings. The first-order valence-electron chi connectivity index (χ1n) is 6.41. The molecular formula is C11H23N3O2S. The van der Waals surface area contributed by atoms with E-state index in [1.807, 2.05) is 0 Å². The van der Waals surface area contributed by atoms with E-state index in [-0.39, 0.29) is 11.3 Å². The van der Waals surface area contributed by atoms with E-state index in [9.17, 15) is 8.42 Å². The minimum atomic E-state index is -3.12. The highest BCUT2D eigenvalue weighted by Crippen LogP contribution is 2.21. The fraction of sp³-hybridized carbons (Fsp3) is 1.00. The van der Waals surface area contributed by atoms with E-state index in [1.165, 1.54) is 0 Å². The highest BCUT2D eigenvalue weighted by atomic mass is 32.2. The summed E-state index contributed by atoms with van der Waals surface area (Å²) in [7, 11) is -1.05. The molecule has 1 N–H and O–H groups in total. The number of piperidine rings is 1. The normalized spacial score (nSPS) is 36.6. The summed E-state index contributed by atoms with van der Waals surface area (Å²) in [6.45, 7) is 5.70. The largest absolute Gasteiger partial charge is 0.314 e. The molecule has 2 unspecified atom stereocenters. The highest BCUT2D eigenvalue weighted by Gasteiger charge is 2.36. The lowest BCUT2D eigenvalue weighted by Crippen LogP contribution is -2.51. The van der Waals surface area contributed by atoms with E-state index in [1.54, 1.807) is 11.2 Å². The third-order valence-electron chi connectivity index (χ3n) is 3.78. The minimum Gasteiger partial charge on any atom is -0.314 e. The van der Waals surface area contributed by atoms with Crippen LogP contribution in [0, 0.1) is 0 Å². The number of nitrogens with one attached hydrogen (secondary N) is 1. The van der Waals surface area contributed by atoms with Crippen molar-refractivity contribution in [1.29, 1.82) is 0 Å². The quantitative estimate of drug-likeness (QED) is 0.704. The molecule has 0 saturated carbocycles. The van der Waals surface area contributed by atoms with Crippen LogP contribution in [0.15, 0.2) is 0 Å². The van der Waals surface area contributed by atoms with Crippen molar-refractivity contribution >= 4 is 10.0 Å². The van der Waals surface area contributed by atoms with E-state index in [0.29, 0.717) is 13.1 Å². The van der Waals surface area contributed by atoms with Gasteiger partial charge in [-0.05, 0) is 33.4 Å². The van der Waals surface area contributed by atoms with E-state index < -0.39 is 10.0 Å². The van der Waals surface area contributed by atoms with Crippen molar-refractivity contribution in [2.24, 2.45) is 0 Å². The molecule has 0 bridgehead atoms. The Morgan fingerprint density at radius 2 is 2.06 bits per heavy atom. The maximum Gasteiger partial charge on any atom is 0.218 e. The Morgan fingerprint density at radius 3 is 2.76 bits per heavy atom. The molecular weight excluding hydrogens is 238 g/mol. The standard InChI is InChI=1S/C11H23N3O2S/c1-10-8-12-5-7-14(17(10,15)16)11-4-3-6-13(2)9-11/h10-12H,3-9H2,1-2H3. The molecule has 17 heavy (non-hydrogen) atoms. The molecule has 2 atom stereocenters. The third-order valence-corrected chi connectivity index (χ3v) is 6.10. The molecule has 5 nitrogen and oxygen atoms in total. The topological polar surface area (TPSA) is 52.6 Å². The highest BCUT2D eigenvalue weighted by molar-refractivity contribution is 7.89. The molecule has 6 heteroatoms. The van der Waals surface area contributed by atoms with Crippen LogP contribution < -0.4 is 5.32 Å². The lowest BCUT2D eigenvalue weighted by atomic mass is 10.1. The van der Waals surface area contributed by atoms with Crippen molar-refractivity contribution in [3.63, 3.8) is 0 Å². The number of nitrogens with zero attached hydrogens (tertiary/aromatic N) is 2. The molecule has 0 aromatic carbocycles. The predicted molar refractivity (Wildman–Crippen MR) is 68.5 cm³/mol. The lowest BCUT2D eigenvalue weighted by molar-refractivity contribution is 0.174. The average molecular weight is 261 g/mol. The molecule has 0 aromatic heterocycles. The van der Waals surface area contributed by atoms with Crippen LogP contribution in [-0.2, 0) is 10.0 Å². The van der Waals surface area contributed by atoms with Crippen molar-refractivity contribution in [3.05, 3.63) is 0 Å². The van der Waals surface area contributed by atoms with Crippen LogP contribution in [0.2, 0.25) is 0 Å². The van der Waals surface area contributed by atoms with Crippen LogP contribution in [0.1, 0.15) is 19.8 Å². The molecule has 2 aliphatic rings. The number of hydrogen-bond acceptors (Lipinski definition) is 4. The van der Waals surface area contributed by atoms with Gasteiger partial charge in [0.25, 0.3) is 0 Å². The minimum absolute atomic E-state index is 0.168. The smallest absolute Gasteiger partial charge is 0.218 e. The zero-order valence-corrected chi connectivity index (χ0v) is 11.5. The molecule has 0 amide bonds. The van der Waals surface area contributed by atoms with Crippen molar-refractivity contribution in [2.75, 3.05) is 39.8 Å². The van der Waals surface area contributed by atoms with Crippen molar-refractivity contribution < 1.29 is 8.42 Å². The zero-order valence-electron chi connectivity index (χ0n) is 10.7. The van der Waals surface area contributed by atoms with Crippen LogP contribution in [0.5, 0.6) is 0 Å². The SMILES string of the molecule is CC1CNCCN(C2CCCN(C)C2)S1(=O)=O. The molecule has 2 saturated heterocycles. The molecule has 0 aromatic rings. The second-order valence-electron chi connectivity index (χ2n) is 5.23. The zero-order chi connectivity index (χ0) is 12.5. The van der Waals surface area contributed by atoms with E-state index in [2.05, 4.69) is 17.3 Å². The van der Waals surface area contributed by atoms with Crippen LogP contribution in [-0.4, -0.2) is 68.7 Å². The van der Waals surface area contributed by atoms with Crippen molar-refractivity contribution in [3.8, 4) is 0 Å². The van der Waals surface area contributed by atoms with Gasteiger partial charge in [-0.2, -0.15) is 4.31 Å². The van der Waals surface area contributed by atoms with Gasteiger partial charge in [-0.25, -0.2) is 8.42 Å². The Balaban J connectivity index is 2.16. The first kappa shape index (κ1) is 13.3. The molecule has 100 valence electrons. The monoisotopic (exact) mass is 261 g/mol. The number of likely N-dealkylation sites (N-methyl/N-ethyl adjacent to an activating group) is 1. The van der Waals surface area contributed by atoms with Gasteiger partial charge in [0.1, 0.15) is 0 Å². The summed E-state index contributed by atoms with van der Waals surface area (Å²) < 4.78 is 26.6. The molecule has 0 spiro atoms. The van der Waals surface area contributed by atoms with Gasteiger partial charge in [0.05, 0.1) is 5.25 Å². The van der Waals surface area contributed by atoms with Gasteiger partial charge in [-0.1, -0.05) is 0 Å². The van der Waals surface area contributed by atoms with Gasteiger partial charge in [-0.3, -0.25) is 0 Å². The fourth-order valence-electron chi connectivity index (χ4n) is 2.72. The Kier molecular flexibility index (Phi) is 4.07. The summed E-state index contributed by atoms with van der Waals surface area (Å²) >= 11 is 0. The maximum atomic E-state index is 12.4. The molecule has 2 heterocycles. The number of rotatable bonds is 1. The van der Waals surface area contributed by atoms with E-state index in [0.717, 1.165) is 32.5 Å².